The van der Waals surface area contributed by atoms with Gasteiger partial charge in [0.2, 0.25) is 0 Å². The zero-order chi connectivity index (χ0) is 14.3. The van der Waals surface area contributed by atoms with Gasteiger partial charge in [-0.15, -0.1) is 0 Å². The lowest BCUT2D eigenvalue weighted by Gasteiger charge is -2.21. The third-order valence-electron chi connectivity index (χ3n) is 3.62. The normalized spacial score (nSPS) is 17.3. The fourth-order valence-electron chi connectivity index (χ4n) is 2.30. The van der Waals surface area contributed by atoms with E-state index in [-0.39, 0.29) is 5.92 Å². The number of amides is 1. The van der Waals surface area contributed by atoms with E-state index < -0.39 is 12.3 Å². The van der Waals surface area contributed by atoms with Crippen molar-refractivity contribution in [2.24, 2.45) is 0 Å². The van der Waals surface area contributed by atoms with Gasteiger partial charge in [0.15, 0.2) is 6.23 Å². The van der Waals surface area contributed by atoms with Crippen LogP contribution in [0.5, 0.6) is 5.75 Å². The summed E-state index contributed by atoms with van der Waals surface area (Å²) in [6.07, 6.45) is -0.917. The van der Waals surface area contributed by atoms with Crippen LogP contribution >= 0.6 is 11.6 Å². The third kappa shape index (κ3) is 2.37. The Morgan fingerprint density at radius 3 is 2.74 bits per heavy atom. The van der Waals surface area contributed by atoms with E-state index in [9.17, 15) is 4.79 Å². The van der Waals surface area contributed by atoms with Gasteiger partial charge in [-0.2, -0.15) is 0 Å². The van der Waals surface area contributed by atoms with E-state index in [0.29, 0.717) is 11.4 Å². The highest BCUT2D eigenvalue weighted by Gasteiger charge is 2.33. The van der Waals surface area contributed by atoms with Crippen molar-refractivity contribution in [3.8, 4) is 5.75 Å². The molecule has 1 aromatic carbocycles. The number of ether oxygens (including phenoxy) is 1. The van der Waals surface area contributed by atoms with Crippen LogP contribution in [0.15, 0.2) is 6.07 Å². The third-order valence-corrected chi connectivity index (χ3v) is 4.01. The molecule has 1 aliphatic heterocycles. The van der Waals surface area contributed by atoms with Crippen LogP contribution in [-0.2, 0) is 6.42 Å². The topological polar surface area (TPSA) is 49.8 Å². The van der Waals surface area contributed by atoms with E-state index in [2.05, 4.69) is 13.8 Å². The summed E-state index contributed by atoms with van der Waals surface area (Å²) in [5, 5.41) is 9.76. The van der Waals surface area contributed by atoms with Gasteiger partial charge < -0.3 is 9.84 Å². The molecule has 0 spiro atoms. The smallest absolute Gasteiger partial charge is 0.409 e. The predicted octanol–water partition coefficient (Wildman–Crippen LogP) is 3.64. The van der Waals surface area contributed by atoms with Gasteiger partial charge in [-0.25, -0.2) is 4.79 Å². The van der Waals surface area contributed by atoms with E-state index >= 15 is 0 Å². The zero-order valence-corrected chi connectivity index (χ0v) is 12.3. The number of nitrogens with zero attached hydrogens (tertiary/aromatic N) is 1. The highest BCUT2D eigenvalue weighted by Crippen LogP contribution is 2.42. The van der Waals surface area contributed by atoms with Crippen molar-refractivity contribution in [3.63, 3.8) is 0 Å². The van der Waals surface area contributed by atoms with Crippen LogP contribution < -0.4 is 4.74 Å². The maximum Gasteiger partial charge on any atom is 0.409 e. The Bertz CT molecular complexity index is 528. The van der Waals surface area contributed by atoms with Gasteiger partial charge in [0, 0.05) is 24.1 Å². The van der Waals surface area contributed by atoms with E-state index in [1.165, 1.54) is 11.9 Å². The molecule has 0 saturated carbocycles. The minimum atomic E-state index is -0.993. The molecule has 5 heteroatoms. The predicted molar refractivity (Wildman–Crippen MR) is 74.2 cm³/mol. The molecule has 19 heavy (non-hydrogen) atoms. The van der Waals surface area contributed by atoms with Crippen molar-refractivity contribution < 1.29 is 14.6 Å². The summed E-state index contributed by atoms with van der Waals surface area (Å²) in [4.78, 5) is 12.2. The van der Waals surface area contributed by atoms with E-state index in [0.717, 1.165) is 22.4 Å². The Balaban J connectivity index is 2.44. The molecule has 1 atom stereocenters. The molecule has 1 amide bonds. The fourth-order valence-corrected chi connectivity index (χ4v) is 2.54. The molecule has 0 fully saturated rings. The Kier molecular flexibility index (Phi) is 3.63. The van der Waals surface area contributed by atoms with Crippen molar-refractivity contribution in [2.75, 3.05) is 7.05 Å². The van der Waals surface area contributed by atoms with Crippen LogP contribution in [0.2, 0.25) is 5.02 Å². The minimum Gasteiger partial charge on any atom is -0.469 e. The molecule has 2 rings (SSSR count). The van der Waals surface area contributed by atoms with Crippen LogP contribution in [0.25, 0.3) is 0 Å². The van der Waals surface area contributed by atoms with E-state index in [1.807, 2.05) is 13.0 Å². The number of rotatable bonds is 2. The van der Waals surface area contributed by atoms with E-state index in [1.54, 1.807) is 0 Å². The van der Waals surface area contributed by atoms with Crippen molar-refractivity contribution in [1.82, 2.24) is 4.90 Å². The molecule has 1 unspecified atom stereocenters. The van der Waals surface area contributed by atoms with Gasteiger partial charge in [0.1, 0.15) is 5.75 Å². The van der Waals surface area contributed by atoms with Crippen LogP contribution in [0.3, 0.4) is 0 Å². The summed E-state index contributed by atoms with van der Waals surface area (Å²) in [5.74, 6) is 1.08. The minimum absolute atomic E-state index is 0.278. The lowest BCUT2D eigenvalue weighted by molar-refractivity contribution is 0.0601. The average molecular weight is 284 g/mol. The second kappa shape index (κ2) is 4.93. The second-order valence-corrected chi connectivity index (χ2v) is 5.61. The number of halogens is 1. The Morgan fingerprint density at radius 1 is 1.58 bits per heavy atom. The van der Waals surface area contributed by atoms with E-state index in [4.69, 9.17) is 21.4 Å². The summed E-state index contributed by atoms with van der Waals surface area (Å²) < 4.78 is 5.84. The molecule has 0 aromatic heterocycles. The maximum absolute atomic E-state index is 11.0. The van der Waals surface area contributed by atoms with Crippen LogP contribution in [0.1, 0.15) is 36.5 Å². The largest absolute Gasteiger partial charge is 0.469 e. The summed E-state index contributed by atoms with van der Waals surface area (Å²) >= 11 is 6.25. The summed E-state index contributed by atoms with van der Waals surface area (Å²) in [6.45, 7) is 6.08. The first-order valence-corrected chi connectivity index (χ1v) is 6.65. The zero-order valence-electron chi connectivity index (χ0n) is 11.5. The van der Waals surface area contributed by atoms with Crippen molar-refractivity contribution in [3.05, 3.63) is 27.8 Å². The number of fused-ring (bicyclic) bond motifs is 1. The van der Waals surface area contributed by atoms with Gasteiger partial charge in [0.25, 0.3) is 0 Å². The van der Waals surface area contributed by atoms with Crippen LogP contribution in [-0.4, -0.2) is 29.4 Å². The molecular formula is C14H18ClNO3. The Morgan fingerprint density at radius 2 is 2.21 bits per heavy atom. The molecule has 4 nitrogen and oxygen atoms in total. The number of hydrogen-bond donors (Lipinski definition) is 1. The van der Waals surface area contributed by atoms with Crippen LogP contribution in [0, 0.1) is 6.92 Å². The Hall–Kier alpha value is -1.42. The Labute approximate surface area is 117 Å². The fraction of sp³-hybridized carbons (Fsp3) is 0.500. The van der Waals surface area contributed by atoms with Gasteiger partial charge in [0.05, 0.1) is 0 Å². The number of carboxylic acid groups (broad SMARTS) is 1. The molecular weight excluding hydrogens is 266 g/mol. The number of benzene rings is 1. The summed E-state index contributed by atoms with van der Waals surface area (Å²) in [6, 6.07) is 1.92. The first kappa shape index (κ1) is 14.0. The molecule has 1 N–H and O–H groups in total. The molecule has 1 aliphatic rings. The highest BCUT2D eigenvalue weighted by molar-refractivity contribution is 6.31. The first-order valence-electron chi connectivity index (χ1n) is 6.27. The van der Waals surface area contributed by atoms with Gasteiger partial charge in [-0.3, -0.25) is 4.90 Å². The van der Waals surface area contributed by atoms with Crippen molar-refractivity contribution in [2.45, 2.75) is 39.3 Å². The number of likely N-dealkylation sites (N-methyl/N-ethyl adjacent to an activating group) is 1. The SMILES string of the molecule is Cc1c(Cl)cc(C(C)C)c2c1CC(N(C)C(=O)O)O2. The second-order valence-electron chi connectivity index (χ2n) is 5.21. The lowest BCUT2D eigenvalue weighted by atomic mass is 9.95. The highest BCUT2D eigenvalue weighted by atomic mass is 35.5. The quantitative estimate of drug-likeness (QED) is 0.901. The molecule has 0 aliphatic carbocycles. The molecule has 1 heterocycles. The van der Waals surface area contributed by atoms with Gasteiger partial charge in [-0.05, 0) is 30.0 Å². The van der Waals surface area contributed by atoms with Crippen molar-refractivity contribution >= 4 is 17.7 Å². The monoisotopic (exact) mass is 283 g/mol. The van der Waals surface area contributed by atoms with Gasteiger partial charge in [-0.1, -0.05) is 25.4 Å². The summed E-state index contributed by atoms with van der Waals surface area (Å²) in [7, 11) is 1.52. The van der Waals surface area contributed by atoms with Crippen molar-refractivity contribution in [1.29, 1.82) is 0 Å². The summed E-state index contributed by atoms with van der Waals surface area (Å²) in [5.41, 5.74) is 3.03. The number of carbonyl (C=O) groups is 1. The molecule has 0 radical (unpaired) electrons. The van der Waals surface area contributed by atoms with Gasteiger partial charge >= 0.3 is 6.09 Å². The standard InChI is InChI=1S/C14H18ClNO3/c1-7(2)9-5-11(15)8(3)10-6-12(19-13(9)10)16(4)14(17)18/h5,7,12H,6H2,1-4H3,(H,17,18). The molecule has 0 saturated heterocycles. The maximum atomic E-state index is 11.0. The first-order chi connectivity index (χ1) is 8.82. The molecule has 0 bridgehead atoms. The molecule has 104 valence electrons. The van der Waals surface area contributed by atoms with Crippen LogP contribution in [0.4, 0.5) is 4.79 Å². The number of hydrogen-bond acceptors (Lipinski definition) is 2. The lowest BCUT2D eigenvalue weighted by Crippen LogP contribution is -2.39. The molecule has 1 aromatic rings. The average Bonchev–Trinajstić information content (AvgIpc) is 2.77.